The first-order valence-electron chi connectivity index (χ1n) is 5.81. The fourth-order valence-corrected chi connectivity index (χ4v) is 1.69. The van der Waals surface area contributed by atoms with Gasteiger partial charge < -0.3 is 10.2 Å². The highest BCUT2D eigenvalue weighted by molar-refractivity contribution is 6.32. The number of hydrogen-bond acceptors (Lipinski definition) is 5. The molecule has 1 heterocycles. The Bertz CT molecular complexity index is 720. The van der Waals surface area contributed by atoms with Crippen LogP contribution in [0.4, 0.5) is 19.0 Å². The van der Waals surface area contributed by atoms with Gasteiger partial charge in [0.25, 0.3) is 0 Å². The van der Waals surface area contributed by atoms with Crippen molar-refractivity contribution in [3.8, 4) is 11.5 Å². The molecular formula is C13H9ClF3N3O2. The maximum atomic E-state index is 12.5. The van der Waals surface area contributed by atoms with Gasteiger partial charge in [-0.2, -0.15) is 18.3 Å². The largest absolute Gasteiger partial charge is 0.508 e. The highest BCUT2D eigenvalue weighted by atomic mass is 35.5. The van der Waals surface area contributed by atoms with Crippen molar-refractivity contribution in [3.63, 3.8) is 0 Å². The van der Waals surface area contributed by atoms with Gasteiger partial charge in [0, 0.05) is 17.8 Å². The van der Waals surface area contributed by atoms with Crippen LogP contribution in [0.2, 0.25) is 5.02 Å². The fraction of sp³-hybridized carbons (Fsp3) is 0.0769. The van der Waals surface area contributed by atoms with E-state index in [0.29, 0.717) is 6.20 Å². The van der Waals surface area contributed by atoms with Crippen LogP contribution in [0, 0.1) is 0 Å². The Morgan fingerprint density at radius 2 is 1.95 bits per heavy atom. The van der Waals surface area contributed by atoms with E-state index in [1.54, 1.807) is 0 Å². The summed E-state index contributed by atoms with van der Waals surface area (Å²) in [4.78, 5) is 3.53. The van der Waals surface area contributed by atoms with Crippen LogP contribution in [0.5, 0.6) is 11.5 Å². The molecule has 3 N–H and O–H groups in total. The van der Waals surface area contributed by atoms with E-state index in [1.807, 2.05) is 0 Å². The van der Waals surface area contributed by atoms with E-state index in [1.165, 1.54) is 18.3 Å². The number of aromatic nitrogens is 1. The lowest BCUT2D eigenvalue weighted by Crippen LogP contribution is -2.06. The minimum Gasteiger partial charge on any atom is -0.508 e. The van der Waals surface area contributed by atoms with E-state index in [0.717, 1.165) is 12.1 Å². The number of pyridine rings is 1. The van der Waals surface area contributed by atoms with Crippen molar-refractivity contribution in [1.82, 2.24) is 4.98 Å². The second-order valence-electron chi connectivity index (χ2n) is 4.17. The maximum Gasteiger partial charge on any atom is 0.417 e. The van der Waals surface area contributed by atoms with E-state index in [4.69, 9.17) is 16.7 Å². The third kappa shape index (κ3) is 3.79. The number of nitrogens with zero attached hydrogens (tertiary/aromatic N) is 2. The molecule has 0 amide bonds. The van der Waals surface area contributed by atoms with Crippen LogP contribution < -0.4 is 5.43 Å². The van der Waals surface area contributed by atoms with Crippen LogP contribution in [0.1, 0.15) is 11.1 Å². The third-order valence-electron chi connectivity index (χ3n) is 2.56. The molecule has 1 aromatic heterocycles. The number of rotatable bonds is 3. The predicted octanol–water partition coefficient (Wildman–Crippen LogP) is 3.61. The minimum atomic E-state index is -4.53. The van der Waals surface area contributed by atoms with Crippen LogP contribution in [0.15, 0.2) is 35.6 Å². The summed E-state index contributed by atoms with van der Waals surface area (Å²) in [6.45, 7) is 0. The normalized spacial score (nSPS) is 11.8. The Morgan fingerprint density at radius 1 is 1.23 bits per heavy atom. The molecule has 0 saturated carbocycles. The molecule has 0 fully saturated rings. The Kier molecular flexibility index (Phi) is 4.41. The summed E-state index contributed by atoms with van der Waals surface area (Å²) in [7, 11) is 0. The summed E-state index contributed by atoms with van der Waals surface area (Å²) in [5.74, 6) is -0.392. The molecule has 0 saturated heterocycles. The Balaban J connectivity index is 2.13. The van der Waals surface area contributed by atoms with Gasteiger partial charge in [-0.3, -0.25) is 5.43 Å². The first-order chi connectivity index (χ1) is 10.3. The van der Waals surface area contributed by atoms with Crippen molar-refractivity contribution in [3.05, 3.63) is 46.6 Å². The third-order valence-corrected chi connectivity index (χ3v) is 2.84. The lowest BCUT2D eigenvalue weighted by Gasteiger charge is -2.08. The molecule has 0 unspecified atom stereocenters. The van der Waals surface area contributed by atoms with Gasteiger partial charge in [0.2, 0.25) is 0 Å². The highest BCUT2D eigenvalue weighted by Gasteiger charge is 2.31. The van der Waals surface area contributed by atoms with Crippen molar-refractivity contribution in [2.45, 2.75) is 6.18 Å². The molecule has 116 valence electrons. The molecule has 2 aromatic rings. The van der Waals surface area contributed by atoms with Crippen LogP contribution in [-0.4, -0.2) is 21.4 Å². The molecule has 0 spiro atoms. The van der Waals surface area contributed by atoms with Gasteiger partial charge in [0.15, 0.2) is 5.82 Å². The molecule has 0 atom stereocenters. The molecule has 1 aromatic carbocycles. The van der Waals surface area contributed by atoms with Crippen LogP contribution in [-0.2, 0) is 6.18 Å². The van der Waals surface area contributed by atoms with Crippen molar-refractivity contribution in [2.75, 3.05) is 5.43 Å². The highest BCUT2D eigenvalue weighted by Crippen LogP contribution is 2.32. The van der Waals surface area contributed by atoms with Crippen molar-refractivity contribution in [1.29, 1.82) is 0 Å². The molecule has 9 heteroatoms. The number of benzene rings is 1. The number of halogens is 4. The number of phenolic OH excluding ortho intramolecular Hbond substituents is 2. The minimum absolute atomic E-state index is 0.0656. The molecule has 2 rings (SSSR count). The molecule has 0 aliphatic carbocycles. The van der Waals surface area contributed by atoms with E-state index in [2.05, 4.69) is 15.5 Å². The maximum absolute atomic E-state index is 12.5. The fourth-order valence-electron chi connectivity index (χ4n) is 1.48. The quantitative estimate of drug-likeness (QED) is 0.593. The number of nitrogens with one attached hydrogen (secondary N) is 1. The second-order valence-corrected chi connectivity index (χ2v) is 4.57. The molecular weight excluding hydrogens is 323 g/mol. The summed E-state index contributed by atoms with van der Waals surface area (Å²) < 4.78 is 37.4. The molecule has 0 radical (unpaired) electrons. The predicted molar refractivity (Wildman–Crippen MR) is 75.2 cm³/mol. The smallest absolute Gasteiger partial charge is 0.417 e. The summed E-state index contributed by atoms with van der Waals surface area (Å²) in [6, 6.07) is 4.58. The average Bonchev–Trinajstić information content (AvgIpc) is 2.41. The number of anilines is 1. The van der Waals surface area contributed by atoms with Crippen LogP contribution >= 0.6 is 11.6 Å². The van der Waals surface area contributed by atoms with E-state index in [9.17, 15) is 18.3 Å². The van der Waals surface area contributed by atoms with Gasteiger partial charge in [0.05, 0.1) is 16.8 Å². The molecule has 0 aliphatic rings. The lowest BCUT2D eigenvalue weighted by atomic mass is 10.2. The van der Waals surface area contributed by atoms with Crippen LogP contribution in [0.25, 0.3) is 0 Å². The number of aromatic hydroxyl groups is 2. The standard InChI is InChI=1S/C13H9ClF3N3O2/c14-10-3-8(13(15,16)17)6-18-12(10)20-19-5-7-1-2-9(21)4-11(7)22/h1-6,21-22H,(H,18,20). The Labute approximate surface area is 127 Å². The number of hydrogen-bond donors (Lipinski definition) is 3. The molecule has 5 nitrogen and oxygen atoms in total. The van der Waals surface area contributed by atoms with Gasteiger partial charge in [-0.15, -0.1) is 0 Å². The van der Waals surface area contributed by atoms with Gasteiger partial charge in [-0.25, -0.2) is 4.98 Å². The van der Waals surface area contributed by atoms with Crippen molar-refractivity contribution < 1.29 is 23.4 Å². The first-order valence-corrected chi connectivity index (χ1v) is 6.19. The summed E-state index contributed by atoms with van der Waals surface area (Å²) in [5, 5.41) is 22.1. The molecule has 0 aliphatic heterocycles. The molecule has 0 bridgehead atoms. The Hall–Kier alpha value is -2.48. The molecule has 22 heavy (non-hydrogen) atoms. The van der Waals surface area contributed by atoms with E-state index in [-0.39, 0.29) is 27.9 Å². The second kappa shape index (κ2) is 6.10. The van der Waals surface area contributed by atoms with Gasteiger partial charge in [-0.05, 0) is 18.2 Å². The van der Waals surface area contributed by atoms with Gasteiger partial charge in [0.1, 0.15) is 11.5 Å². The monoisotopic (exact) mass is 331 g/mol. The zero-order chi connectivity index (χ0) is 16.3. The van der Waals surface area contributed by atoms with Crippen LogP contribution in [0.3, 0.4) is 0 Å². The topological polar surface area (TPSA) is 77.7 Å². The SMILES string of the molecule is Oc1ccc(C=NNc2ncc(C(F)(F)F)cc2Cl)c(O)c1. The average molecular weight is 332 g/mol. The van der Waals surface area contributed by atoms with E-state index >= 15 is 0 Å². The number of hydrazone groups is 1. The zero-order valence-corrected chi connectivity index (χ0v) is 11.5. The summed E-state index contributed by atoms with van der Waals surface area (Å²) in [5.41, 5.74) is 1.68. The van der Waals surface area contributed by atoms with Crippen molar-refractivity contribution >= 4 is 23.6 Å². The summed E-state index contributed by atoms with van der Waals surface area (Å²) in [6.07, 6.45) is -2.71. The Morgan fingerprint density at radius 3 is 2.55 bits per heavy atom. The van der Waals surface area contributed by atoms with Crippen molar-refractivity contribution in [2.24, 2.45) is 5.10 Å². The van der Waals surface area contributed by atoms with Gasteiger partial charge >= 0.3 is 6.18 Å². The zero-order valence-electron chi connectivity index (χ0n) is 10.8. The van der Waals surface area contributed by atoms with E-state index < -0.39 is 11.7 Å². The number of alkyl halides is 3. The first kappa shape index (κ1) is 15.9. The summed E-state index contributed by atoms with van der Waals surface area (Å²) >= 11 is 5.69. The van der Waals surface area contributed by atoms with Gasteiger partial charge in [-0.1, -0.05) is 11.6 Å². The lowest BCUT2D eigenvalue weighted by molar-refractivity contribution is -0.137. The number of phenols is 2.